The number of rotatable bonds is 7. The summed E-state index contributed by atoms with van der Waals surface area (Å²) in [7, 11) is 1.55. The van der Waals surface area contributed by atoms with Crippen molar-refractivity contribution in [2.24, 2.45) is 0 Å². The summed E-state index contributed by atoms with van der Waals surface area (Å²) in [6, 6.07) is 10.0. The molecule has 2 aromatic rings. The van der Waals surface area contributed by atoms with Crippen LogP contribution in [0.2, 0.25) is 0 Å². The molecule has 0 bridgehead atoms. The summed E-state index contributed by atoms with van der Waals surface area (Å²) in [5.41, 5.74) is 0.545. The molecule has 126 valence electrons. The highest BCUT2D eigenvalue weighted by molar-refractivity contribution is 6.05. The summed E-state index contributed by atoms with van der Waals surface area (Å²) in [5, 5.41) is 5.36. The van der Waals surface area contributed by atoms with Crippen LogP contribution in [0.3, 0.4) is 0 Å². The van der Waals surface area contributed by atoms with E-state index in [1.54, 1.807) is 43.5 Å². The fourth-order valence-corrected chi connectivity index (χ4v) is 1.94. The van der Waals surface area contributed by atoms with Gasteiger partial charge in [0.25, 0.3) is 11.8 Å². The van der Waals surface area contributed by atoms with Gasteiger partial charge >= 0.3 is 0 Å². The van der Waals surface area contributed by atoms with Crippen molar-refractivity contribution in [1.82, 2.24) is 10.6 Å². The van der Waals surface area contributed by atoms with E-state index < -0.39 is 0 Å². The molecular formula is C18H20N2O4. The second kappa shape index (κ2) is 8.57. The average Bonchev–Trinajstić information content (AvgIpc) is 3.12. The number of amides is 2. The fraction of sp³-hybridized carbons (Fsp3) is 0.222. The van der Waals surface area contributed by atoms with E-state index in [1.807, 2.05) is 6.92 Å². The Balaban J connectivity index is 2.17. The van der Waals surface area contributed by atoms with Crippen molar-refractivity contribution in [2.75, 3.05) is 13.7 Å². The van der Waals surface area contributed by atoms with E-state index in [4.69, 9.17) is 9.15 Å². The molecular weight excluding hydrogens is 308 g/mol. The normalized spacial score (nSPS) is 11.0. The lowest BCUT2D eigenvalue weighted by atomic mass is 10.2. The highest BCUT2D eigenvalue weighted by Crippen LogP contribution is 2.12. The van der Waals surface area contributed by atoms with Gasteiger partial charge in [0.2, 0.25) is 0 Å². The third kappa shape index (κ3) is 4.74. The first-order valence-electron chi connectivity index (χ1n) is 7.63. The molecule has 0 aliphatic carbocycles. The molecule has 0 saturated heterocycles. The zero-order valence-corrected chi connectivity index (χ0v) is 13.7. The number of ether oxygens (including phenoxy) is 1. The van der Waals surface area contributed by atoms with E-state index in [9.17, 15) is 9.59 Å². The highest BCUT2D eigenvalue weighted by Gasteiger charge is 2.15. The standard InChI is InChI=1S/C18H20N2O4/c1-3-10-19-18(22)16(12-15-5-4-11-24-15)20-17(21)13-6-8-14(23-2)9-7-13/h4-9,11-12H,3,10H2,1-2H3,(H,19,22)(H,20,21). The first-order chi connectivity index (χ1) is 11.6. The fourth-order valence-electron chi connectivity index (χ4n) is 1.94. The Morgan fingerprint density at radius 1 is 1.21 bits per heavy atom. The van der Waals surface area contributed by atoms with Gasteiger partial charge in [-0.1, -0.05) is 6.92 Å². The van der Waals surface area contributed by atoms with Crippen LogP contribution in [-0.4, -0.2) is 25.5 Å². The smallest absolute Gasteiger partial charge is 0.267 e. The Morgan fingerprint density at radius 2 is 1.96 bits per heavy atom. The number of carbonyl (C=O) groups excluding carboxylic acids is 2. The van der Waals surface area contributed by atoms with Gasteiger partial charge in [0.05, 0.1) is 13.4 Å². The number of methoxy groups -OCH3 is 1. The molecule has 0 aliphatic heterocycles. The van der Waals surface area contributed by atoms with Crippen molar-refractivity contribution in [2.45, 2.75) is 13.3 Å². The van der Waals surface area contributed by atoms with Crippen LogP contribution < -0.4 is 15.4 Å². The van der Waals surface area contributed by atoms with Gasteiger partial charge in [0, 0.05) is 18.2 Å². The predicted molar refractivity (Wildman–Crippen MR) is 90.4 cm³/mol. The maximum absolute atomic E-state index is 12.4. The molecule has 0 atom stereocenters. The van der Waals surface area contributed by atoms with E-state index in [0.29, 0.717) is 23.6 Å². The third-order valence-corrected chi connectivity index (χ3v) is 3.21. The number of furan rings is 1. The van der Waals surface area contributed by atoms with Crippen molar-refractivity contribution in [3.63, 3.8) is 0 Å². The lowest BCUT2D eigenvalue weighted by Gasteiger charge is -2.10. The zero-order chi connectivity index (χ0) is 17.4. The molecule has 2 rings (SSSR count). The van der Waals surface area contributed by atoms with Gasteiger partial charge in [-0.15, -0.1) is 0 Å². The van der Waals surface area contributed by atoms with Crippen LogP contribution in [0.4, 0.5) is 0 Å². The molecule has 24 heavy (non-hydrogen) atoms. The number of hydrogen-bond donors (Lipinski definition) is 2. The molecule has 6 nitrogen and oxygen atoms in total. The Kier molecular flexibility index (Phi) is 6.19. The van der Waals surface area contributed by atoms with Crippen molar-refractivity contribution in [1.29, 1.82) is 0 Å². The van der Waals surface area contributed by atoms with Crippen LogP contribution in [0.15, 0.2) is 52.8 Å². The summed E-state index contributed by atoms with van der Waals surface area (Å²) >= 11 is 0. The molecule has 0 saturated carbocycles. The SMILES string of the molecule is CCCNC(=O)C(=Cc1ccco1)NC(=O)c1ccc(OC)cc1. The molecule has 1 aromatic heterocycles. The highest BCUT2D eigenvalue weighted by atomic mass is 16.5. The van der Waals surface area contributed by atoms with Gasteiger partial charge in [-0.25, -0.2) is 0 Å². The molecule has 2 amide bonds. The van der Waals surface area contributed by atoms with Crippen molar-refractivity contribution < 1.29 is 18.7 Å². The van der Waals surface area contributed by atoms with Crippen LogP contribution in [-0.2, 0) is 4.79 Å². The van der Waals surface area contributed by atoms with E-state index in [1.165, 1.54) is 12.3 Å². The van der Waals surface area contributed by atoms with E-state index in [-0.39, 0.29) is 17.5 Å². The van der Waals surface area contributed by atoms with Gasteiger partial charge in [0.1, 0.15) is 17.2 Å². The molecule has 6 heteroatoms. The molecule has 1 aromatic carbocycles. The van der Waals surface area contributed by atoms with Crippen LogP contribution in [0.5, 0.6) is 5.75 Å². The number of hydrogen-bond acceptors (Lipinski definition) is 4. The molecule has 2 N–H and O–H groups in total. The zero-order valence-electron chi connectivity index (χ0n) is 13.7. The first-order valence-corrected chi connectivity index (χ1v) is 7.63. The Morgan fingerprint density at radius 3 is 2.54 bits per heavy atom. The monoisotopic (exact) mass is 328 g/mol. The summed E-state index contributed by atoms with van der Waals surface area (Å²) < 4.78 is 10.3. The average molecular weight is 328 g/mol. The molecule has 0 unspecified atom stereocenters. The molecule has 1 heterocycles. The topological polar surface area (TPSA) is 80.6 Å². The Bertz CT molecular complexity index is 703. The Hall–Kier alpha value is -3.02. The molecule has 0 aliphatic rings. The van der Waals surface area contributed by atoms with Gasteiger partial charge in [-0.05, 0) is 42.8 Å². The molecule has 0 fully saturated rings. The van der Waals surface area contributed by atoms with Gasteiger partial charge < -0.3 is 19.8 Å². The van der Waals surface area contributed by atoms with Crippen LogP contribution in [0.1, 0.15) is 29.5 Å². The first kappa shape index (κ1) is 17.3. The number of benzene rings is 1. The van der Waals surface area contributed by atoms with Crippen LogP contribution in [0, 0.1) is 0 Å². The van der Waals surface area contributed by atoms with Gasteiger partial charge in [-0.3, -0.25) is 9.59 Å². The van der Waals surface area contributed by atoms with Gasteiger partial charge in [0.15, 0.2) is 0 Å². The van der Waals surface area contributed by atoms with Crippen molar-refractivity contribution in [3.05, 3.63) is 59.7 Å². The Labute approximate surface area is 140 Å². The minimum Gasteiger partial charge on any atom is -0.497 e. The summed E-state index contributed by atoms with van der Waals surface area (Å²) in [6.07, 6.45) is 3.79. The quantitative estimate of drug-likeness (QED) is 0.766. The second-order valence-corrected chi connectivity index (χ2v) is 5.01. The summed E-state index contributed by atoms with van der Waals surface area (Å²) in [4.78, 5) is 24.6. The lowest BCUT2D eigenvalue weighted by molar-refractivity contribution is -0.117. The van der Waals surface area contributed by atoms with E-state index in [0.717, 1.165) is 6.42 Å². The predicted octanol–water partition coefficient (Wildman–Crippen LogP) is 2.59. The summed E-state index contributed by atoms with van der Waals surface area (Å²) in [5.74, 6) is 0.377. The minimum atomic E-state index is -0.387. The van der Waals surface area contributed by atoms with Crippen molar-refractivity contribution >= 4 is 17.9 Å². The molecule has 0 spiro atoms. The van der Waals surface area contributed by atoms with E-state index >= 15 is 0 Å². The third-order valence-electron chi connectivity index (χ3n) is 3.21. The number of carbonyl (C=O) groups is 2. The van der Waals surface area contributed by atoms with Crippen LogP contribution in [0.25, 0.3) is 6.08 Å². The maximum Gasteiger partial charge on any atom is 0.267 e. The molecule has 0 radical (unpaired) electrons. The van der Waals surface area contributed by atoms with Crippen molar-refractivity contribution in [3.8, 4) is 5.75 Å². The largest absolute Gasteiger partial charge is 0.497 e. The minimum absolute atomic E-state index is 0.124. The lowest BCUT2D eigenvalue weighted by Crippen LogP contribution is -2.35. The number of nitrogens with one attached hydrogen (secondary N) is 2. The summed E-state index contributed by atoms with van der Waals surface area (Å²) in [6.45, 7) is 2.47. The van der Waals surface area contributed by atoms with Gasteiger partial charge in [-0.2, -0.15) is 0 Å². The second-order valence-electron chi connectivity index (χ2n) is 5.01. The van der Waals surface area contributed by atoms with Crippen LogP contribution >= 0.6 is 0 Å². The maximum atomic E-state index is 12.4. The van der Waals surface area contributed by atoms with E-state index in [2.05, 4.69) is 10.6 Å².